The van der Waals surface area contributed by atoms with Crippen LogP contribution in [-0.2, 0) is 16.1 Å². The number of Topliss-reactive ketones (excluding diaryl/α,β-unsaturated/α-hetero) is 1. The fourth-order valence-corrected chi connectivity index (χ4v) is 4.78. The number of anilines is 2. The molecule has 3 aromatic carbocycles. The first-order chi connectivity index (χ1) is 18.9. The SMILES string of the molecule is COCC(=O)CNCc1ccc(-c2ccc(C(=O)Nc3ccc(OC)c(N4CCN(C)CC4)c3)cc2)c(C)c1. The highest BCUT2D eigenvalue weighted by Gasteiger charge is 2.19. The number of benzene rings is 3. The Morgan fingerprint density at radius 1 is 0.923 bits per heavy atom. The summed E-state index contributed by atoms with van der Waals surface area (Å²) in [6.07, 6.45) is 0. The maximum Gasteiger partial charge on any atom is 0.255 e. The number of rotatable bonds is 11. The molecule has 0 atom stereocenters. The highest BCUT2D eigenvalue weighted by molar-refractivity contribution is 6.04. The standard InChI is InChI=1S/C31H38N4O4/c1-22-17-23(19-32-20-27(36)21-38-3)5-11-28(22)24-6-8-25(9-7-24)31(37)33-26-10-12-30(39-4)29(18-26)35-15-13-34(2)14-16-35/h5-12,17-18,32H,13-16,19-21H2,1-4H3,(H,33,37). The van der Waals surface area contributed by atoms with Crippen LogP contribution in [0.15, 0.2) is 60.7 Å². The number of nitrogens with zero attached hydrogens (tertiary/aromatic N) is 2. The third-order valence-corrected chi connectivity index (χ3v) is 6.99. The summed E-state index contributed by atoms with van der Waals surface area (Å²) in [6.45, 7) is 6.88. The smallest absolute Gasteiger partial charge is 0.255 e. The number of hydrogen-bond donors (Lipinski definition) is 2. The number of carbonyl (C=O) groups excluding carboxylic acids is 2. The number of ether oxygens (including phenoxy) is 2. The van der Waals surface area contributed by atoms with E-state index in [1.165, 1.54) is 7.11 Å². The van der Waals surface area contributed by atoms with E-state index in [0.717, 1.165) is 65.6 Å². The molecule has 0 aliphatic carbocycles. The van der Waals surface area contributed by atoms with Crippen molar-refractivity contribution in [2.45, 2.75) is 13.5 Å². The van der Waals surface area contributed by atoms with Gasteiger partial charge in [0.05, 0.1) is 19.3 Å². The normalized spacial score (nSPS) is 13.8. The molecule has 1 aliphatic rings. The molecular weight excluding hydrogens is 492 g/mol. The van der Waals surface area contributed by atoms with Crippen LogP contribution in [0.25, 0.3) is 11.1 Å². The van der Waals surface area contributed by atoms with Gasteiger partial charge in [-0.2, -0.15) is 0 Å². The zero-order valence-corrected chi connectivity index (χ0v) is 23.3. The van der Waals surface area contributed by atoms with Gasteiger partial charge in [-0.25, -0.2) is 0 Å². The molecule has 8 nitrogen and oxygen atoms in total. The van der Waals surface area contributed by atoms with E-state index >= 15 is 0 Å². The first-order valence-electron chi connectivity index (χ1n) is 13.2. The second kappa shape index (κ2) is 13.4. The lowest BCUT2D eigenvalue weighted by Crippen LogP contribution is -2.44. The number of hydrogen-bond acceptors (Lipinski definition) is 7. The van der Waals surface area contributed by atoms with E-state index in [9.17, 15) is 9.59 Å². The van der Waals surface area contributed by atoms with Crippen LogP contribution in [0.4, 0.5) is 11.4 Å². The van der Waals surface area contributed by atoms with E-state index in [2.05, 4.69) is 52.6 Å². The van der Waals surface area contributed by atoms with Gasteiger partial charge in [-0.1, -0.05) is 30.3 Å². The van der Waals surface area contributed by atoms with Crippen LogP contribution >= 0.6 is 0 Å². The van der Waals surface area contributed by atoms with Gasteiger partial charge in [0.25, 0.3) is 5.91 Å². The van der Waals surface area contributed by atoms with Crippen molar-refractivity contribution in [2.24, 2.45) is 0 Å². The number of ketones is 1. The summed E-state index contributed by atoms with van der Waals surface area (Å²) in [5.74, 6) is 0.674. The minimum Gasteiger partial charge on any atom is -0.495 e. The summed E-state index contributed by atoms with van der Waals surface area (Å²) >= 11 is 0. The van der Waals surface area contributed by atoms with E-state index in [0.29, 0.717) is 12.1 Å². The zero-order valence-electron chi connectivity index (χ0n) is 23.3. The summed E-state index contributed by atoms with van der Waals surface area (Å²) in [5.41, 5.74) is 6.71. The van der Waals surface area contributed by atoms with Crippen molar-refractivity contribution < 1.29 is 19.1 Å². The molecule has 1 saturated heterocycles. The highest BCUT2D eigenvalue weighted by atomic mass is 16.5. The first-order valence-corrected chi connectivity index (χ1v) is 13.2. The molecule has 1 amide bonds. The minimum atomic E-state index is -0.155. The molecule has 4 rings (SSSR count). The number of amides is 1. The van der Waals surface area contributed by atoms with Gasteiger partial charge in [0.15, 0.2) is 5.78 Å². The molecule has 0 spiro atoms. The number of nitrogens with one attached hydrogen (secondary N) is 2. The lowest BCUT2D eigenvalue weighted by Gasteiger charge is -2.34. The molecule has 2 N–H and O–H groups in total. The lowest BCUT2D eigenvalue weighted by molar-refractivity contribution is -0.121. The molecule has 8 heteroatoms. The van der Waals surface area contributed by atoms with Crippen molar-refractivity contribution in [1.82, 2.24) is 10.2 Å². The van der Waals surface area contributed by atoms with Crippen LogP contribution in [0.3, 0.4) is 0 Å². The molecular formula is C31H38N4O4. The largest absolute Gasteiger partial charge is 0.495 e. The van der Waals surface area contributed by atoms with Crippen LogP contribution in [-0.4, -0.2) is 77.2 Å². The Hall–Kier alpha value is -3.72. The predicted molar refractivity (Wildman–Crippen MR) is 156 cm³/mol. The van der Waals surface area contributed by atoms with Crippen LogP contribution < -0.4 is 20.3 Å². The zero-order chi connectivity index (χ0) is 27.8. The fourth-order valence-electron chi connectivity index (χ4n) is 4.78. The van der Waals surface area contributed by atoms with Gasteiger partial charge in [0.2, 0.25) is 0 Å². The molecule has 1 heterocycles. The van der Waals surface area contributed by atoms with Crippen molar-refractivity contribution in [1.29, 1.82) is 0 Å². The summed E-state index contributed by atoms with van der Waals surface area (Å²) in [7, 11) is 5.32. The third kappa shape index (κ3) is 7.44. The molecule has 0 bridgehead atoms. The molecule has 0 unspecified atom stereocenters. The maximum atomic E-state index is 13.0. The molecule has 1 fully saturated rings. The van der Waals surface area contributed by atoms with Crippen molar-refractivity contribution in [3.8, 4) is 16.9 Å². The topological polar surface area (TPSA) is 83.1 Å². The Bertz CT molecular complexity index is 1280. The summed E-state index contributed by atoms with van der Waals surface area (Å²) in [5, 5.41) is 6.20. The van der Waals surface area contributed by atoms with Crippen LogP contribution in [0, 0.1) is 6.92 Å². The molecule has 206 valence electrons. The number of methoxy groups -OCH3 is 2. The molecule has 0 aromatic heterocycles. The van der Waals surface area contributed by atoms with Crippen molar-refractivity contribution in [3.05, 3.63) is 77.4 Å². The Labute approximate surface area is 230 Å². The Morgan fingerprint density at radius 2 is 1.67 bits per heavy atom. The monoisotopic (exact) mass is 530 g/mol. The van der Waals surface area contributed by atoms with Gasteiger partial charge in [-0.05, 0) is 66.6 Å². The second-order valence-corrected chi connectivity index (χ2v) is 9.93. The highest BCUT2D eigenvalue weighted by Crippen LogP contribution is 2.32. The fraction of sp³-hybridized carbons (Fsp3) is 0.355. The number of aryl methyl sites for hydroxylation is 1. The van der Waals surface area contributed by atoms with Crippen LogP contribution in [0.5, 0.6) is 5.75 Å². The van der Waals surface area contributed by atoms with Crippen LogP contribution in [0.1, 0.15) is 21.5 Å². The number of carbonyl (C=O) groups is 2. The molecule has 39 heavy (non-hydrogen) atoms. The van der Waals surface area contributed by atoms with E-state index in [1.807, 2.05) is 42.5 Å². The van der Waals surface area contributed by atoms with Gasteiger partial charge < -0.3 is 29.9 Å². The molecule has 3 aromatic rings. The Morgan fingerprint density at radius 3 is 2.33 bits per heavy atom. The van der Waals surface area contributed by atoms with Gasteiger partial charge in [0.1, 0.15) is 12.4 Å². The van der Waals surface area contributed by atoms with Crippen molar-refractivity contribution in [3.63, 3.8) is 0 Å². The number of likely N-dealkylation sites (N-methyl/N-ethyl adjacent to an activating group) is 1. The second-order valence-electron chi connectivity index (χ2n) is 9.93. The Balaban J connectivity index is 1.40. The van der Waals surface area contributed by atoms with E-state index in [1.54, 1.807) is 7.11 Å². The molecule has 0 saturated carbocycles. The summed E-state index contributed by atoms with van der Waals surface area (Å²) in [4.78, 5) is 29.3. The van der Waals surface area contributed by atoms with E-state index in [-0.39, 0.29) is 24.8 Å². The van der Waals surface area contributed by atoms with Gasteiger partial charge in [-0.3, -0.25) is 9.59 Å². The molecule has 0 radical (unpaired) electrons. The van der Waals surface area contributed by atoms with Crippen LogP contribution in [0.2, 0.25) is 0 Å². The minimum absolute atomic E-state index is 0.0254. The molecule has 1 aliphatic heterocycles. The van der Waals surface area contributed by atoms with E-state index in [4.69, 9.17) is 9.47 Å². The third-order valence-electron chi connectivity index (χ3n) is 6.99. The average molecular weight is 531 g/mol. The van der Waals surface area contributed by atoms with E-state index < -0.39 is 0 Å². The average Bonchev–Trinajstić information content (AvgIpc) is 2.94. The van der Waals surface area contributed by atoms with Crippen molar-refractivity contribution in [2.75, 3.05) is 70.8 Å². The summed E-state index contributed by atoms with van der Waals surface area (Å²) in [6, 6.07) is 19.7. The first kappa shape index (κ1) is 28.3. The maximum absolute atomic E-state index is 13.0. The Kier molecular flexibility index (Phi) is 9.70. The van der Waals surface area contributed by atoms with Gasteiger partial charge in [-0.15, -0.1) is 0 Å². The predicted octanol–water partition coefficient (Wildman–Crippen LogP) is 3.98. The number of piperazine rings is 1. The van der Waals surface area contributed by atoms with Gasteiger partial charge in [0, 0.05) is 51.1 Å². The quantitative estimate of drug-likeness (QED) is 0.388. The van der Waals surface area contributed by atoms with Crippen molar-refractivity contribution >= 4 is 23.1 Å². The van der Waals surface area contributed by atoms with Gasteiger partial charge >= 0.3 is 0 Å². The summed E-state index contributed by atoms with van der Waals surface area (Å²) < 4.78 is 10.5. The lowest BCUT2D eigenvalue weighted by atomic mass is 9.97.